The highest BCUT2D eigenvalue weighted by molar-refractivity contribution is 7.80. The monoisotopic (exact) mass is 517 g/mol. The number of halogens is 2. The molecule has 0 spiro atoms. The fourth-order valence-corrected chi connectivity index (χ4v) is 4.41. The molecule has 1 aliphatic heterocycles. The highest BCUT2D eigenvalue weighted by atomic mass is 35.5. The zero-order valence-corrected chi connectivity index (χ0v) is 20.9. The molecule has 1 unspecified atom stereocenters. The van der Waals surface area contributed by atoms with Gasteiger partial charge in [-0.25, -0.2) is 5.01 Å². The molecular weight excluding hydrogens is 497 g/mol. The Morgan fingerprint density at radius 1 is 0.800 bits per heavy atom. The van der Waals surface area contributed by atoms with Crippen LogP contribution in [0.5, 0.6) is 11.5 Å². The van der Waals surface area contributed by atoms with Gasteiger partial charge in [-0.1, -0.05) is 65.7 Å². The third kappa shape index (κ3) is 5.65. The Kier molecular flexibility index (Phi) is 7.00. The SMILES string of the molecule is S=C(Nc1ccc(Oc2ccccc2)cc1)N1N=C(c2ccc(Cl)cc2)CC1c1ccc(Cl)cc1. The topological polar surface area (TPSA) is 36.9 Å². The van der Waals surface area contributed by atoms with Crippen LogP contribution in [-0.2, 0) is 0 Å². The van der Waals surface area contributed by atoms with E-state index in [-0.39, 0.29) is 6.04 Å². The quantitative estimate of drug-likeness (QED) is 0.270. The molecule has 1 N–H and O–H groups in total. The summed E-state index contributed by atoms with van der Waals surface area (Å²) in [6.07, 6.45) is 0.703. The number of hydrogen-bond donors (Lipinski definition) is 1. The Morgan fingerprint density at radius 3 is 2.06 bits per heavy atom. The van der Waals surface area contributed by atoms with Crippen LogP contribution < -0.4 is 10.1 Å². The molecule has 1 aliphatic rings. The number of para-hydroxylation sites is 1. The Labute approximate surface area is 219 Å². The van der Waals surface area contributed by atoms with E-state index in [0.717, 1.165) is 34.0 Å². The molecular formula is C28H21Cl2N3OS. The summed E-state index contributed by atoms with van der Waals surface area (Å²) in [5, 5.41) is 11.9. The molecule has 0 radical (unpaired) electrons. The molecule has 0 saturated heterocycles. The number of hydrogen-bond acceptors (Lipinski definition) is 3. The first-order valence-corrected chi connectivity index (χ1v) is 12.2. The van der Waals surface area contributed by atoms with Crippen molar-refractivity contribution in [1.29, 1.82) is 0 Å². The number of thiocarbonyl (C=S) groups is 1. The second-order valence-corrected chi connectivity index (χ2v) is 9.30. The van der Waals surface area contributed by atoms with Gasteiger partial charge in [0.15, 0.2) is 5.11 Å². The van der Waals surface area contributed by atoms with Crippen LogP contribution in [0.4, 0.5) is 5.69 Å². The zero-order valence-electron chi connectivity index (χ0n) is 18.6. The third-order valence-electron chi connectivity index (χ3n) is 5.64. The molecule has 35 heavy (non-hydrogen) atoms. The van der Waals surface area contributed by atoms with Crippen molar-refractivity contribution in [3.63, 3.8) is 0 Å². The van der Waals surface area contributed by atoms with Crippen LogP contribution >= 0.6 is 35.4 Å². The van der Waals surface area contributed by atoms with Gasteiger partial charge in [0.05, 0.1) is 11.8 Å². The van der Waals surface area contributed by atoms with Crippen molar-refractivity contribution in [2.24, 2.45) is 5.10 Å². The van der Waals surface area contributed by atoms with Crippen molar-refractivity contribution in [2.75, 3.05) is 5.32 Å². The van der Waals surface area contributed by atoms with Gasteiger partial charge in [-0.3, -0.25) is 0 Å². The molecule has 4 nitrogen and oxygen atoms in total. The van der Waals surface area contributed by atoms with Gasteiger partial charge < -0.3 is 10.1 Å². The highest BCUT2D eigenvalue weighted by Crippen LogP contribution is 2.34. The van der Waals surface area contributed by atoms with Crippen LogP contribution in [-0.4, -0.2) is 15.8 Å². The lowest BCUT2D eigenvalue weighted by Gasteiger charge is -2.25. The number of rotatable bonds is 5. The van der Waals surface area contributed by atoms with Crippen LogP contribution in [0.2, 0.25) is 10.0 Å². The van der Waals surface area contributed by atoms with Gasteiger partial charge in [0.25, 0.3) is 0 Å². The molecule has 0 fully saturated rings. The molecule has 0 amide bonds. The average Bonchev–Trinajstić information content (AvgIpc) is 3.32. The Morgan fingerprint density at radius 2 is 1.40 bits per heavy atom. The number of hydrazone groups is 1. The average molecular weight is 518 g/mol. The second kappa shape index (κ2) is 10.5. The molecule has 1 atom stereocenters. The maximum absolute atomic E-state index is 6.12. The smallest absolute Gasteiger partial charge is 0.194 e. The Bertz CT molecular complexity index is 1340. The molecule has 0 aromatic heterocycles. The molecule has 7 heteroatoms. The number of nitrogens with zero attached hydrogens (tertiary/aromatic N) is 2. The fourth-order valence-electron chi connectivity index (χ4n) is 3.87. The highest BCUT2D eigenvalue weighted by Gasteiger charge is 2.31. The van der Waals surface area contributed by atoms with E-state index in [1.54, 1.807) is 0 Å². The minimum atomic E-state index is -0.0568. The predicted octanol–water partition coefficient (Wildman–Crippen LogP) is 8.33. The van der Waals surface area contributed by atoms with Crippen LogP contribution in [0.25, 0.3) is 0 Å². The van der Waals surface area contributed by atoms with Gasteiger partial charge in [-0.2, -0.15) is 5.10 Å². The van der Waals surface area contributed by atoms with Crippen molar-refractivity contribution < 1.29 is 4.74 Å². The standard InChI is InChI=1S/C28H21Cl2N3OS/c29-21-10-6-19(7-11-21)26-18-27(20-8-12-22(30)13-9-20)33(32-26)28(35)31-23-14-16-25(17-15-23)34-24-4-2-1-3-5-24/h1-17,27H,18H2,(H,31,35). The van der Waals surface area contributed by atoms with Gasteiger partial charge in [-0.15, -0.1) is 0 Å². The lowest BCUT2D eigenvalue weighted by Crippen LogP contribution is -2.31. The van der Waals surface area contributed by atoms with Crippen LogP contribution in [0, 0.1) is 0 Å². The molecule has 5 rings (SSSR count). The van der Waals surface area contributed by atoms with Gasteiger partial charge in [-0.05, 0) is 84.0 Å². The summed E-state index contributed by atoms with van der Waals surface area (Å²) >= 11 is 18.0. The molecule has 174 valence electrons. The molecule has 0 aliphatic carbocycles. The van der Waals surface area contributed by atoms with Gasteiger partial charge in [0, 0.05) is 22.2 Å². The summed E-state index contributed by atoms with van der Waals surface area (Å²) in [6.45, 7) is 0. The first-order valence-electron chi connectivity index (χ1n) is 11.1. The van der Waals surface area contributed by atoms with E-state index in [1.807, 2.05) is 108 Å². The number of anilines is 1. The minimum absolute atomic E-state index is 0.0568. The first kappa shape index (κ1) is 23.4. The van der Waals surface area contributed by atoms with Crippen LogP contribution in [0.3, 0.4) is 0 Å². The summed E-state index contributed by atoms with van der Waals surface area (Å²) in [7, 11) is 0. The molecule has 0 bridgehead atoms. The van der Waals surface area contributed by atoms with E-state index < -0.39 is 0 Å². The number of ether oxygens (including phenoxy) is 1. The molecule has 4 aromatic rings. The third-order valence-corrected chi connectivity index (χ3v) is 6.43. The van der Waals surface area contributed by atoms with Crippen molar-refractivity contribution in [2.45, 2.75) is 12.5 Å². The summed E-state index contributed by atoms with van der Waals surface area (Å²) < 4.78 is 5.88. The number of benzene rings is 4. The summed E-state index contributed by atoms with van der Waals surface area (Å²) in [6, 6.07) is 32.8. The van der Waals surface area contributed by atoms with Crippen LogP contribution in [0.1, 0.15) is 23.6 Å². The van der Waals surface area contributed by atoms with Crippen LogP contribution in [0.15, 0.2) is 108 Å². The molecule has 0 saturated carbocycles. The minimum Gasteiger partial charge on any atom is -0.457 e. The second-order valence-electron chi connectivity index (χ2n) is 8.04. The predicted molar refractivity (Wildman–Crippen MR) is 148 cm³/mol. The van der Waals surface area contributed by atoms with E-state index in [4.69, 9.17) is 45.3 Å². The summed E-state index contributed by atoms with van der Waals surface area (Å²) in [5.74, 6) is 1.53. The summed E-state index contributed by atoms with van der Waals surface area (Å²) in [4.78, 5) is 0. The molecule has 1 heterocycles. The largest absolute Gasteiger partial charge is 0.457 e. The maximum Gasteiger partial charge on any atom is 0.194 e. The van der Waals surface area contributed by atoms with Crippen molar-refractivity contribution in [1.82, 2.24) is 5.01 Å². The zero-order chi connectivity index (χ0) is 24.2. The van der Waals surface area contributed by atoms with Crippen molar-refractivity contribution in [3.8, 4) is 11.5 Å². The first-order chi connectivity index (χ1) is 17.0. The lowest BCUT2D eigenvalue weighted by atomic mass is 9.98. The molecule has 4 aromatic carbocycles. The Hall–Kier alpha value is -3.38. The number of nitrogens with one attached hydrogen (secondary N) is 1. The lowest BCUT2D eigenvalue weighted by molar-refractivity contribution is 0.375. The maximum atomic E-state index is 6.12. The van der Waals surface area contributed by atoms with E-state index in [1.165, 1.54) is 0 Å². The Balaban J connectivity index is 1.35. The van der Waals surface area contributed by atoms with Crippen molar-refractivity contribution >= 4 is 51.9 Å². The van der Waals surface area contributed by atoms with E-state index in [9.17, 15) is 0 Å². The van der Waals surface area contributed by atoms with Gasteiger partial charge in [0.1, 0.15) is 11.5 Å². The van der Waals surface area contributed by atoms with E-state index in [0.29, 0.717) is 21.6 Å². The fraction of sp³-hybridized carbons (Fsp3) is 0.0714. The van der Waals surface area contributed by atoms with E-state index >= 15 is 0 Å². The van der Waals surface area contributed by atoms with Gasteiger partial charge >= 0.3 is 0 Å². The van der Waals surface area contributed by atoms with Gasteiger partial charge in [0.2, 0.25) is 0 Å². The normalized spacial score (nSPS) is 15.0. The van der Waals surface area contributed by atoms with Crippen molar-refractivity contribution in [3.05, 3.63) is 124 Å². The summed E-state index contributed by atoms with van der Waals surface area (Å²) in [5.41, 5.74) is 3.89. The van der Waals surface area contributed by atoms with E-state index in [2.05, 4.69) is 5.32 Å².